The maximum Gasteiger partial charge on any atom is 0.348 e. The van der Waals surface area contributed by atoms with Crippen LogP contribution < -0.4 is 5.69 Å². The predicted octanol–water partition coefficient (Wildman–Crippen LogP) is 4.25. The Bertz CT molecular complexity index is 846. The molecular weight excluding hydrogens is 368 g/mol. The monoisotopic (exact) mass is 390 g/mol. The van der Waals surface area contributed by atoms with E-state index in [9.17, 15) is 4.79 Å². The second-order valence-electron chi connectivity index (χ2n) is 7.00. The van der Waals surface area contributed by atoms with Gasteiger partial charge in [0.2, 0.25) is 0 Å². The van der Waals surface area contributed by atoms with E-state index in [1.54, 1.807) is 11.8 Å². The van der Waals surface area contributed by atoms with Gasteiger partial charge in [-0.3, -0.25) is 4.57 Å². The molecule has 2 aliphatic rings. The highest BCUT2D eigenvalue weighted by Gasteiger charge is 2.24. The molecular formula is C20H23ClN2O2S. The second kappa shape index (κ2) is 8.15. The van der Waals surface area contributed by atoms with Crippen LogP contribution >= 0.6 is 23.4 Å². The van der Waals surface area contributed by atoms with Crippen molar-refractivity contribution in [2.75, 3.05) is 6.61 Å². The highest BCUT2D eigenvalue weighted by Crippen LogP contribution is 2.31. The Balaban J connectivity index is 1.60. The Morgan fingerprint density at radius 1 is 1.27 bits per heavy atom. The van der Waals surface area contributed by atoms with Gasteiger partial charge in [-0.2, -0.15) is 4.98 Å². The molecule has 1 aromatic carbocycles. The minimum atomic E-state index is -0.130. The molecule has 1 aliphatic heterocycles. The Hall–Kier alpha value is -1.30. The summed E-state index contributed by atoms with van der Waals surface area (Å²) < 4.78 is 7.63. The minimum Gasteiger partial charge on any atom is -0.376 e. The molecule has 0 saturated carbocycles. The average Bonchev–Trinajstić information content (AvgIpc) is 3.16. The molecule has 4 rings (SSSR count). The molecule has 2 heterocycles. The number of aromatic nitrogens is 2. The fourth-order valence-corrected chi connectivity index (χ4v) is 5.06. The SMILES string of the molecule is O=c1nc(SCc2cccc(Cl)c2)c2c(n1CC1CCCO1)CCCC2. The smallest absolute Gasteiger partial charge is 0.348 e. The molecule has 1 saturated heterocycles. The van der Waals surface area contributed by atoms with Gasteiger partial charge in [-0.05, 0) is 56.2 Å². The van der Waals surface area contributed by atoms with Crippen molar-refractivity contribution >= 4 is 23.4 Å². The molecule has 1 fully saturated rings. The number of thioether (sulfide) groups is 1. The molecule has 0 N–H and O–H groups in total. The van der Waals surface area contributed by atoms with Crippen LogP contribution in [0.25, 0.3) is 0 Å². The van der Waals surface area contributed by atoms with Gasteiger partial charge in [0.1, 0.15) is 5.03 Å². The lowest BCUT2D eigenvalue weighted by Gasteiger charge is -2.24. The van der Waals surface area contributed by atoms with E-state index in [2.05, 4.69) is 11.1 Å². The van der Waals surface area contributed by atoms with E-state index in [1.807, 2.05) is 22.8 Å². The molecule has 0 spiro atoms. The number of benzene rings is 1. The first-order valence-electron chi connectivity index (χ1n) is 9.32. The standard InChI is InChI=1S/C20H23ClN2O2S/c21-15-6-3-5-14(11-15)13-26-19-17-8-1-2-9-18(17)23(20(24)22-19)12-16-7-4-10-25-16/h3,5-6,11,16H,1-2,4,7-10,12-13H2. The number of hydrogen-bond donors (Lipinski definition) is 0. The normalized spacial score (nSPS) is 19.5. The Kier molecular flexibility index (Phi) is 5.67. The molecule has 138 valence electrons. The van der Waals surface area contributed by atoms with Crippen LogP contribution in [0, 0.1) is 0 Å². The summed E-state index contributed by atoms with van der Waals surface area (Å²) in [5.74, 6) is 0.773. The third-order valence-corrected chi connectivity index (χ3v) is 6.45. The zero-order valence-electron chi connectivity index (χ0n) is 14.7. The minimum absolute atomic E-state index is 0.130. The van der Waals surface area contributed by atoms with Gasteiger partial charge < -0.3 is 4.74 Å². The zero-order valence-corrected chi connectivity index (χ0v) is 16.3. The zero-order chi connectivity index (χ0) is 17.9. The van der Waals surface area contributed by atoms with Crippen LogP contribution in [0.2, 0.25) is 5.02 Å². The number of nitrogens with zero attached hydrogens (tertiary/aromatic N) is 2. The van der Waals surface area contributed by atoms with E-state index >= 15 is 0 Å². The Morgan fingerprint density at radius 3 is 2.96 bits per heavy atom. The van der Waals surface area contributed by atoms with Crippen LogP contribution in [0.4, 0.5) is 0 Å². The molecule has 1 aliphatic carbocycles. The Morgan fingerprint density at radius 2 is 2.15 bits per heavy atom. The van der Waals surface area contributed by atoms with E-state index < -0.39 is 0 Å². The summed E-state index contributed by atoms with van der Waals surface area (Å²) in [5.41, 5.74) is 3.47. The van der Waals surface area contributed by atoms with E-state index in [-0.39, 0.29) is 11.8 Å². The molecule has 0 radical (unpaired) electrons. The fraction of sp³-hybridized carbons (Fsp3) is 0.500. The number of hydrogen-bond acceptors (Lipinski definition) is 4. The van der Waals surface area contributed by atoms with E-state index in [1.165, 1.54) is 11.3 Å². The first-order valence-corrected chi connectivity index (χ1v) is 10.7. The summed E-state index contributed by atoms with van der Waals surface area (Å²) in [6.07, 6.45) is 6.55. The molecule has 6 heteroatoms. The van der Waals surface area contributed by atoms with Gasteiger partial charge in [0.25, 0.3) is 0 Å². The summed E-state index contributed by atoms with van der Waals surface area (Å²) in [6.45, 7) is 1.45. The molecule has 26 heavy (non-hydrogen) atoms. The summed E-state index contributed by atoms with van der Waals surface area (Å²) in [5, 5.41) is 1.64. The lowest BCUT2D eigenvalue weighted by molar-refractivity contribution is 0.0947. The van der Waals surface area contributed by atoms with E-state index in [0.717, 1.165) is 66.5 Å². The summed E-state index contributed by atoms with van der Waals surface area (Å²) >= 11 is 7.73. The first-order chi connectivity index (χ1) is 12.7. The van der Waals surface area contributed by atoms with Gasteiger partial charge in [-0.25, -0.2) is 4.79 Å². The molecule has 0 amide bonds. The highest BCUT2D eigenvalue weighted by molar-refractivity contribution is 7.98. The molecule has 2 aromatic rings. The summed E-state index contributed by atoms with van der Waals surface area (Å²) in [4.78, 5) is 17.2. The maximum absolute atomic E-state index is 12.7. The van der Waals surface area contributed by atoms with Crippen LogP contribution in [-0.4, -0.2) is 22.3 Å². The van der Waals surface area contributed by atoms with E-state index in [0.29, 0.717) is 6.54 Å². The van der Waals surface area contributed by atoms with Gasteiger partial charge in [0, 0.05) is 28.6 Å². The van der Waals surface area contributed by atoms with Crippen molar-refractivity contribution in [2.24, 2.45) is 0 Å². The van der Waals surface area contributed by atoms with Gasteiger partial charge >= 0.3 is 5.69 Å². The number of rotatable bonds is 5. The average molecular weight is 391 g/mol. The van der Waals surface area contributed by atoms with Gasteiger partial charge in [-0.15, -0.1) is 11.8 Å². The molecule has 1 aromatic heterocycles. The molecule has 0 bridgehead atoms. The lowest BCUT2D eigenvalue weighted by Crippen LogP contribution is -2.33. The fourth-order valence-electron chi connectivity index (χ4n) is 3.83. The van der Waals surface area contributed by atoms with Crippen LogP contribution in [0.1, 0.15) is 42.5 Å². The number of fused-ring (bicyclic) bond motifs is 1. The maximum atomic E-state index is 12.7. The van der Waals surface area contributed by atoms with Crippen molar-refractivity contribution < 1.29 is 4.74 Å². The lowest BCUT2D eigenvalue weighted by atomic mass is 9.97. The third-order valence-electron chi connectivity index (χ3n) is 5.13. The summed E-state index contributed by atoms with van der Waals surface area (Å²) in [7, 11) is 0. The highest BCUT2D eigenvalue weighted by atomic mass is 35.5. The van der Waals surface area contributed by atoms with Crippen molar-refractivity contribution in [3.05, 3.63) is 56.6 Å². The number of halogens is 1. The largest absolute Gasteiger partial charge is 0.376 e. The molecule has 1 unspecified atom stereocenters. The van der Waals surface area contributed by atoms with Crippen molar-refractivity contribution in [1.29, 1.82) is 0 Å². The third kappa shape index (κ3) is 4.00. The number of ether oxygens (including phenoxy) is 1. The topological polar surface area (TPSA) is 44.1 Å². The quantitative estimate of drug-likeness (QED) is 0.565. The van der Waals surface area contributed by atoms with Crippen molar-refractivity contribution in [2.45, 2.75) is 62.0 Å². The van der Waals surface area contributed by atoms with Crippen LogP contribution in [0.5, 0.6) is 0 Å². The second-order valence-corrected chi connectivity index (χ2v) is 8.40. The van der Waals surface area contributed by atoms with Gasteiger partial charge in [0.15, 0.2) is 0 Å². The molecule has 4 nitrogen and oxygen atoms in total. The molecule has 1 atom stereocenters. The van der Waals surface area contributed by atoms with E-state index in [4.69, 9.17) is 16.3 Å². The predicted molar refractivity (Wildman–Crippen MR) is 105 cm³/mol. The Labute approximate surface area is 162 Å². The van der Waals surface area contributed by atoms with Crippen LogP contribution in [-0.2, 0) is 29.9 Å². The van der Waals surface area contributed by atoms with Gasteiger partial charge in [-0.1, -0.05) is 23.7 Å². The van der Waals surface area contributed by atoms with Crippen molar-refractivity contribution in [1.82, 2.24) is 9.55 Å². The van der Waals surface area contributed by atoms with Gasteiger partial charge in [0.05, 0.1) is 12.6 Å². The van der Waals surface area contributed by atoms with Crippen molar-refractivity contribution in [3.63, 3.8) is 0 Å². The summed E-state index contributed by atoms with van der Waals surface area (Å²) in [6, 6.07) is 7.87. The van der Waals surface area contributed by atoms with Crippen molar-refractivity contribution in [3.8, 4) is 0 Å². The van der Waals surface area contributed by atoms with Crippen LogP contribution in [0.3, 0.4) is 0 Å². The first kappa shape index (κ1) is 18.1. The van der Waals surface area contributed by atoms with Crippen LogP contribution in [0.15, 0.2) is 34.1 Å².